The van der Waals surface area contributed by atoms with Gasteiger partial charge in [-0.15, -0.1) is 0 Å². The van der Waals surface area contributed by atoms with E-state index in [9.17, 15) is 13.2 Å². The standard InChI is InChI=1S/C15H28N2O3S/c1-4-12(2)13(3)17(14-5-6-14)15(18)11-16-7-9-21(19,20)10-8-16/h12-14H,4-11H2,1-3H3/t12-,13-/m0/s1. The summed E-state index contributed by atoms with van der Waals surface area (Å²) in [5, 5.41) is 0. The van der Waals surface area contributed by atoms with E-state index in [4.69, 9.17) is 0 Å². The van der Waals surface area contributed by atoms with Crippen molar-refractivity contribution in [2.45, 2.75) is 52.1 Å². The highest BCUT2D eigenvalue weighted by Crippen LogP contribution is 2.31. The summed E-state index contributed by atoms with van der Waals surface area (Å²) in [6.45, 7) is 7.85. The maximum atomic E-state index is 12.7. The summed E-state index contributed by atoms with van der Waals surface area (Å²) in [5.41, 5.74) is 0. The molecule has 21 heavy (non-hydrogen) atoms. The Hall–Kier alpha value is -0.620. The van der Waals surface area contributed by atoms with Crippen molar-refractivity contribution >= 4 is 15.7 Å². The highest BCUT2D eigenvalue weighted by molar-refractivity contribution is 7.91. The molecule has 2 rings (SSSR count). The maximum absolute atomic E-state index is 12.7. The Bertz CT molecular complexity index is 459. The first-order valence-corrected chi connectivity index (χ1v) is 9.90. The normalized spacial score (nSPS) is 25.3. The Balaban J connectivity index is 1.93. The molecule has 1 amide bonds. The van der Waals surface area contributed by atoms with Gasteiger partial charge in [0.05, 0.1) is 18.1 Å². The van der Waals surface area contributed by atoms with Crippen LogP contribution in [0.1, 0.15) is 40.0 Å². The summed E-state index contributed by atoms with van der Waals surface area (Å²) in [6, 6.07) is 0.679. The zero-order valence-electron chi connectivity index (χ0n) is 13.4. The number of nitrogens with zero attached hydrogens (tertiary/aromatic N) is 2. The molecule has 0 aromatic rings. The molecular formula is C15H28N2O3S. The van der Waals surface area contributed by atoms with Gasteiger partial charge in [0.15, 0.2) is 9.84 Å². The zero-order valence-corrected chi connectivity index (χ0v) is 14.2. The van der Waals surface area contributed by atoms with Crippen LogP contribution in [0.3, 0.4) is 0 Å². The average Bonchev–Trinajstić information content (AvgIpc) is 3.25. The molecule has 2 atom stereocenters. The minimum Gasteiger partial charge on any atom is -0.336 e. The van der Waals surface area contributed by atoms with Gasteiger partial charge in [-0.05, 0) is 25.7 Å². The number of amides is 1. The van der Waals surface area contributed by atoms with Gasteiger partial charge in [0.2, 0.25) is 5.91 Å². The highest BCUT2D eigenvalue weighted by Gasteiger charge is 2.37. The van der Waals surface area contributed by atoms with Crippen molar-refractivity contribution in [2.75, 3.05) is 31.1 Å². The molecule has 1 heterocycles. The van der Waals surface area contributed by atoms with Gasteiger partial charge in [0.25, 0.3) is 0 Å². The highest BCUT2D eigenvalue weighted by atomic mass is 32.2. The lowest BCUT2D eigenvalue weighted by molar-refractivity contribution is -0.136. The van der Waals surface area contributed by atoms with Gasteiger partial charge in [-0.2, -0.15) is 0 Å². The van der Waals surface area contributed by atoms with Gasteiger partial charge in [0, 0.05) is 25.2 Å². The third kappa shape index (κ3) is 4.42. The van der Waals surface area contributed by atoms with Crippen LogP contribution < -0.4 is 0 Å². The van der Waals surface area contributed by atoms with Crippen LogP contribution >= 0.6 is 0 Å². The van der Waals surface area contributed by atoms with Crippen molar-refractivity contribution in [3.05, 3.63) is 0 Å². The van der Waals surface area contributed by atoms with Gasteiger partial charge < -0.3 is 4.90 Å². The molecule has 122 valence electrons. The van der Waals surface area contributed by atoms with Crippen molar-refractivity contribution in [1.82, 2.24) is 9.80 Å². The van der Waals surface area contributed by atoms with Gasteiger partial charge >= 0.3 is 0 Å². The van der Waals surface area contributed by atoms with E-state index in [2.05, 4.69) is 25.7 Å². The van der Waals surface area contributed by atoms with Gasteiger partial charge in [0.1, 0.15) is 0 Å². The Morgan fingerprint density at radius 3 is 2.29 bits per heavy atom. The van der Waals surface area contributed by atoms with Crippen molar-refractivity contribution in [3.8, 4) is 0 Å². The van der Waals surface area contributed by atoms with Crippen molar-refractivity contribution in [2.24, 2.45) is 5.92 Å². The van der Waals surface area contributed by atoms with Crippen molar-refractivity contribution in [1.29, 1.82) is 0 Å². The van der Waals surface area contributed by atoms with Crippen LogP contribution in [0.15, 0.2) is 0 Å². The molecule has 6 heteroatoms. The SMILES string of the molecule is CC[C@H](C)[C@H](C)N(C(=O)CN1CCS(=O)(=O)CC1)C1CC1. The Kier molecular flexibility index (Phi) is 5.30. The molecule has 2 fully saturated rings. The molecule has 0 aromatic heterocycles. The molecule has 1 aliphatic carbocycles. The Morgan fingerprint density at radius 2 is 1.81 bits per heavy atom. The van der Waals surface area contributed by atoms with Crippen molar-refractivity contribution in [3.63, 3.8) is 0 Å². The van der Waals surface area contributed by atoms with E-state index in [1.807, 2.05) is 4.90 Å². The van der Waals surface area contributed by atoms with E-state index in [1.54, 1.807) is 0 Å². The fourth-order valence-corrected chi connectivity index (χ4v) is 4.19. The molecular weight excluding hydrogens is 288 g/mol. The molecule has 0 aromatic carbocycles. The van der Waals surface area contributed by atoms with E-state index < -0.39 is 9.84 Å². The average molecular weight is 316 g/mol. The second-order valence-corrected chi connectivity index (χ2v) is 8.89. The molecule has 1 saturated carbocycles. The molecule has 0 unspecified atom stereocenters. The molecule has 0 bridgehead atoms. The number of hydrogen-bond acceptors (Lipinski definition) is 4. The summed E-state index contributed by atoms with van der Waals surface area (Å²) in [4.78, 5) is 16.7. The van der Waals surface area contributed by atoms with Crippen LogP contribution in [0.2, 0.25) is 0 Å². The first-order chi connectivity index (χ1) is 9.84. The van der Waals surface area contributed by atoms with E-state index in [0.29, 0.717) is 31.6 Å². The van der Waals surface area contributed by atoms with Crippen LogP contribution in [-0.4, -0.2) is 67.3 Å². The summed E-state index contributed by atoms with van der Waals surface area (Å²) in [7, 11) is -2.88. The van der Waals surface area contributed by atoms with E-state index in [0.717, 1.165) is 19.3 Å². The largest absolute Gasteiger partial charge is 0.336 e. The fourth-order valence-electron chi connectivity index (χ4n) is 2.91. The summed E-state index contributed by atoms with van der Waals surface area (Å²) in [5.74, 6) is 1.04. The van der Waals surface area contributed by atoms with E-state index in [1.165, 1.54) is 0 Å². The predicted molar refractivity (Wildman–Crippen MR) is 83.9 cm³/mol. The lowest BCUT2D eigenvalue weighted by Gasteiger charge is -2.35. The predicted octanol–water partition coefficient (Wildman–Crippen LogP) is 1.14. The summed E-state index contributed by atoms with van der Waals surface area (Å²) in [6.07, 6.45) is 3.29. The third-order valence-electron chi connectivity index (χ3n) is 4.93. The van der Waals surface area contributed by atoms with Crippen LogP contribution in [0.25, 0.3) is 0 Å². The molecule has 5 nitrogen and oxygen atoms in total. The second kappa shape index (κ2) is 6.65. The number of sulfone groups is 1. The molecule has 1 saturated heterocycles. The lowest BCUT2D eigenvalue weighted by Crippen LogP contribution is -2.50. The topological polar surface area (TPSA) is 57.7 Å². The first kappa shape index (κ1) is 16.7. The number of carbonyl (C=O) groups excluding carboxylic acids is 1. The molecule has 0 radical (unpaired) electrons. The van der Waals surface area contributed by atoms with Gasteiger partial charge in [-0.1, -0.05) is 20.3 Å². The van der Waals surface area contributed by atoms with Crippen LogP contribution in [0.4, 0.5) is 0 Å². The van der Waals surface area contributed by atoms with Gasteiger partial charge in [-0.3, -0.25) is 9.69 Å². The molecule has 1 aliphatic heterocycles. The monoisotopic (exact) mass is 316 g/mol. The van der Waals surface area contributed by atoms with Crippen molar-refractivity contribution < 1.29 is 13.2 Å². The Morgan fingerprint density at radius 1 is 1.24 bits per heavy atom. The summed E-state index contributed by atoms with van der Waals surface area (Å²) < 4.78 is 22.9. The zero-order chi connectivity index (χ0) is 15.6. The molecule has 0 N–H and O–H groups in total. The van der Waals surface area contributed by atoms with E-state index >= 15 is 0 Å². The second-order valence-electron chi connectivity index (χ2n) is 6.59. The quantitative estimate of drug-likeness (QED) is 0.737. The molecule has 2 aliphatic rings. The number of hydrogen-bond donors (Lipinski definition) is 0. The van der Waals surface area contributed by atoms with Crippen LogP contribution in [0, 0.1) is 5.92 Å². The fraction of sp³-hybridized carbons (Fsp3) is 0.933. The lowest BCUT2D eigenvalue weighted by atomic mass is 9.99. The number of carbonyl (C=O) groups is 1. The van der Waals surface area contributed by atoms with Crippen LogP contribution in [-0.2, 0) is 14.6 Å². The van der Waals surface area contributed by atoms with Gasteiger partial charge in [-0.25, -0.2) is 8.42 Å². The third-order valence-corrected chi connectivity index (χ3v) is 6.54. The minimum absolute atomic E-state index is 0.171. The maximum Gasteiger partial charge on any atom is 0.237 e. The first-order valence-electron chi connectivity index (χ1n) is 8.08. The molecule has 0 spiro atoms. The van der Waals surface area contributed by atoms with Crippen LogP contribution in [0.5, 0.6) is 0 Å². The smallest absolute Gasteiger partial charge is 0.237 e. The number of rotatable bonds is 6. The Labute approximate surface area is 128 Å². The summed E-state index contributed by atoms with van der Waals surface area (Å²) >= 11 is 0. The van der Waals surface area contributed by atoms with E-state index in [-0.39, 0.29) is 23.5 Å². The minimum atomic E-state index is -2.88.